The van der Waals surface area contributed by atoms with Crippen molar-refractivity contribution in [2.45, 2.75) is 12.8 Å². The van der Waals surface area contributed by atoms with Gasteiger partial charge in [0, 0.05) is 24.9 Å². The monoisotopic (exact) mass is 266 g/mol. The predicted molar refractivity (Wildman–Crippen MR) is 71.7 cm³/mol. The normalized spacial score (nSPS) is 18.9. The van der Waals surface area contributed by atoms with Crippen molar-refractivity contribution < 1.29 is 14.4 Å². The first-order valence-corrected chi connectivity index (χ1v) is 6.34. The topological polar surface area (TPSA) is 73.6 Å². The Labute approximate surface area is 111 Å². The third kappa shape index (κ3) is 3.57. The van der Waals surface area contributed by atoms with Crippen molar-refractivity contribution in [2.24, 2.45) is 5.92 Å². The van der Waals surface area contributed by atoms with Crippen LogP contribution in [0.3, 0.4) is 0 Å². The molecule has 0 saturated carbocycles. The van der Waals surface area contributed by atoms with Crippen LogP contribution in [0.5, 0.6) is 5.75 Å². The molecule has 0 aliphatic carbocycles. The number of anilines is 1. The van der Waals surface area contributed by atoms with Gasteiger partial charge in [-0.3, -0.25) is 10.1 Å². The molecule has 0 aromatic heterocycles. The zero-order valence-corrected chi connectivity index (χ0v) is 10.9. The summed E-state index contributed by atoms with van der Waals surface area (Å²) in [6.07, 6.45) is 2.21. The number of methoxy groups -OCH3 is 1. The van der Waals surface area contributed by atoms with E-state index >= 15 is 0 Å². The molecule has 6 heteroatoms. The number of nitro benzene ring substituents is 1. The average Bonchev–Trinajstić information content (AvgIpc) is 2.46. The van der Waals surface area contributed by atoms with E-state index in [0.717, 1.165) is 38.3 Å². The maximum absolute atomic E-state index is 10.9. The quantitative estimate of drug-likeness (QED) is 0.654. The first kappa shape index (κ1) is 13.6. The highest BCUT2D eigenvalue weighted by Crippen LogP contribution is 2.29. The zero-order chi connectivity index (χ0) is 13.7. The summed E-state index contributed by atoms with van der Waals surface area (Å²) in [5.41, 5.74) is 0.713. The highest BCUT2D eigenvalue weighted by atomic mass is 16.6. The van der Waals surface area contributed by atoms with Gasteiger partial charge in [-0.25, -0.2) is 0 Å². The van der Waals surface area contributed by atoms with Crippen molar-refractivity contribution >= 4 is 11.4 Å². The van der Waals surface area contributed by atoms with Crippen LogP contribution >= 0.6 is 0 Å². The van der Waals surface area contributed by atoms with Gasteiger partial charge < -0.3 is 14.8 Å². The minimum Gasteiger partial charge on any atom is -0.490 e. The maximum atomic E-state index is 10.9. The first-order chi connectivity index (χ1) is 9.20. The Hall–Kier alpha value is -1.82. The van der Waals surface area contributed by atoms with Crippen molar-refractivity contribution in [1.29, 1.82) is 0 Å². The van der Waals surface area contributed by atoms with Gasteiger partial charge in [0.1, 0.15) is 0 Å². The number of hydrogen-bond donors (Lipinski definition) is 1. The van der Waals surface area contributed by atoms with Crippen molar-refractivity contribution in [2.75, 3.05) is 32.2 Å². The third-order valence-corrected chi connectivity index (χ3v) is 3.23. The summed E-state index contributed by atoms with van der Waals surface area (Å²) in [6, 6.07) is 4.90. The summed E-state index contributed by atoms with van der Waals surface area (Å²) in [7, 11) is 1.43. The highest BCUT2D eigenvalue weighted by Gasteiger charge is 2.17. The van der Waals surface area contributed by atoms with Gasteiger partial charge in [-0.1, -0.05) is 0 Å². The van der Waals surface area contributed by atoms with E-state index < -0.39 is 4.92 Å². The molecule has 1 atom stereocenters. The van der Waals surface area contributed by atoms with E-state index in [2.05, 4.69) is 5.32 Å². The fourth-order valence-corrected chi connectivity index (χ4v) is 2.17. The Morgan fingerprint density at radius 1 is 1.58 bits per heavy atom. The molecule has 1 heterocycles. The van der Waals surface area contributed by atoms with Crippen LogP contribution in [0.15, 0.2) is 18.2 Å². The van der Waals surface area contributed by atoms with Crippen LogP contribution < -0.4 is 10.1 Å². The predicted octanol–water partition coefficient (Wildman–Crippen LogP) is 2.44. The molecule has 0 amide bonds. The molecule has 1 unspecified atom stereocenters. The van der Waals surface area contributed by atoms with Gasteiger partial charge in [-0.2, -0.15) is 0 Å². The van der Waals surface area contributed by atoms with E-state index in [1.807, 2.05) is 0 Å². The third-order valence-electron chi connectivity index (χ3n) is 3.23. The van der Waals surface area contributed by atoms with Gasteiger partial charge in [0.25, 0.3) is 0 Å². The zero-order valence-electron chi connectivity index (χ0n) is 10.9. The lowest BCUT2D eigenvalue weighted by Gasteiger charge is -2.22. The fraction of sp³-hybridized carbons (Fsp3) is 0.538. The standard InChI is InChI=1S/C13H18N2O4/c1-18-13-5-4-11(7-12(13)15(16)17)14-8-10-3-2-6-19-9-10/h4-5,7,10,14H,2-3,6,8-9H2,1H3. The molecule has 2 rings (SSSR count). The fourth-order valence-electron chi connectivity index (χ4n) is 2.17. The van der Waals surface area contributed by atoms with Crippen LogP contribution in [0.4, 0.5) is 11.4 Å². The highest BCUT2D eigenvalue weighted by molar-refractivity contribution is 5.58. The summed E-state index contributed by atoms with van der Waals surface area (Å²) < 4.78 is 10.4. The van der Waals surface area contributed by atoms with Crippen molar-refractivity contribution in [3.8, 4) is 5.75 Å². The van der Waals surface area contributed by atoms with Gasteiger partial charge in [0.2, 0.25) is 0 Å². The van der Waals surface area contributed by atoms with Gasteiger partial charge in [0.05, 0.1) is 18.6 Å². The molecule has 1 aliphatic heterocycles. The summed E-state index contributed by atoms with van der Waals surface area (Å²) >= 11 is 0. The largest absolute Gasteiger partial charge is 0.490 e. The Morgan fingerprint density at radius 3 is 3.05 bits per heavy atom. The molecule has 6 nitrogen and oxygen atoms in total. The van der Waals surface area contributed by atoms with Crippen LogP contribution in [0.1, 0.15) is 12.8 Å². The Balaban J connectivity index is 2.00. The van der Waals surface area contributed by atoms with Gasteiger partial charge in [0.15, 0.2) is 5.75 Å². The Bertz CT molecular complexity index is 444. The molecule has 1 aromatic rings. The summed E-state index contributed by atoms with van der Waals surface area (Å²) in [5.74, 6) is 0.742. The first-order valence-electron chi connectivity index (χ1n) is 6.34. The van der Waals surface area contributed by atoms with E-state index in [1.54, 1.807) is 12.1 Å². The van der Waals surface area contributed by atoms with E-state index in [4.69, 9.17) is 9.47 Å². The van der Waals surface area contributed by atoms with Crippen LogP contribution in [-0.4, -0.2) is 31.8 Å². The second-order valence-electron chi connectivity index (χ2n) is 4.61. The Kier molecular flexibility index (Phi) is 4.57. The number of ether oxygens (including phenoxy) is 2. The maximum Gasteiger partial charge on any atom is 0.312 e. The molecule has 0 bridgehead atoms. The van der Waals surface area contributed by atoms with Crippen LogP contribution in [0, 0.1) is 16.0 Å². The minimum absolute atomic E-state index is 0.0209. The van der Waals surface area contributed by atoms with Gasteiger partial charge in [-0.15, -0.1) is 0 Å². The number of nitro groups is 1. The van der Waals surface area contributed by atoms with E-state index in [9.17, 15) is 10.1 Å². The average molecular weight is 266 g/mol. The second-order valence-corrected chi connectivity index (χ2v) is 4.61. The molecule has 0 spiro atoms. The van der Waals surface area contributed by atoms with E-state index in [-0.39, 0.29) is 11.4 Å². The van der Waals surface area contributed by atoms with Crippen LogP contribution in [0.2, 0.25) is 0 Å². The molecule has 19 heavy (non-hydrogen) atoms. The molecule has 1 aromatic carbocycles. The number of nitrogens with one attached hydrogen (secondary N) is 1. The number of benzene rings is 1. The van der Waals surface area contributed by atoms with E-state index in [0.29, 0.717) is 5.92 Å². The number of rotatable bonds is 5. The molecule has 1 N–H and O–H groups in total. The second kappa shape index (κ2) is 6.38. The SMILES string of the molecule is COc1ccc(NCC2CCCOC2)cc1[N+](=O)[O-]. The lowest BCUT2D eigenvalue weighted by molar-refractivity contribution is -0.385. The van der Waals surface area contributed by atoms with Gasteiger partial charge in [-0.05, 0) is 30.9 Å². The number of hydrogen-bond acceptors (Lipinski definition) is 5. The molecular formula is C13H18N2O4. The van der Waals surface area contributed by atoms with Crippen LogP contribution in [-0.2, 0) is 4.74 Å². The molecule has 104 valence electrons. The summed E-state index contributed by atoms with van der Waals surface area (Å²) in [6.45, 7) is 2.36. The lowest BCUT2D eigenvalue weighted by atomic mass is 10.0. The van der Waals surface area contributed by atoms with Crippen molar-refractivity contribution in [3.05, 3.63) is 28.3 Å². The Morgan fingerprint density at radius 2 is 2.42 bits per heavy atom. The molecule has 0 radical (unpaired) electrons. The molecule has 1 saturated heterocycles. The van der Waals surface area contributed by atoms with Crippen molar-refractivity contribution in [3.63, 3.8) is 0 Å². The lowest BCUT2D eigenvalue weighted by Crippen LogP contribution is -2.24. The molecule has 1 fully saturated rings. The smallest absolute Gasteiger partial charge is 0.312 e. The summed E-state index contributed by atoms with van der Waals surface area (Å²) in [5, 5.41) is 14.1. The van der Waals surface area contributed by atoms with Gasteiger partial charge >= 0.3 is 5.69 Å². The molecule has 1 aliphatic rings. The van der Waals surface area contributed by atoms with E-state index in [1.165, 1.54) is 13.2 Å². The number of nitrogens with zero attached hydrogens (tertiary/aromatic N) is 1. The van der Waals surface area contributed by atoms with Crippen molar-refractivity contribution in [1.82, 2.24) is 0 Å². The summed E-state index contributed by atoms with van der Waals surface area (Å²) in [4.78, 5) is 10.5. The van der Waals surface area contributed by atoms with Crippen LogP contribution in [0.25, 0.3) is 0 Å². The molecular weight excluding hydrogens is 248 g/mol. The minimum atomic E-state index is -0.437.